The first-order valence-electron chi connectivity index (χ1n) is 7.81. The number of hydrogen-bond donors (Lipinski definition) is 1. The molecule has 3 rings (SSSR count). The summed E-state index contributed by atoms with van der Waals surface area (Å²) in [6, 6.07) is 13.0. The molecule has 0 aliphatic rings. The summed E-state index contributed by atoms with van der Waals surface area (Å²) in [5.74, 6) is -0.941. The van der Waals surface area contributed by atoms with Crippen molar-refractivity contribution < 1.29 is 9.90 Å². The van der Waals surface area contributed by atoms with Crippen LogP contribution < -0.4 is 5.56 Å². The quantitative estimate of drug-likeness (QED) is 0.800. The van der Waals surface area contributed by atoms with Crippen LogP contribution in [-0.2, 0) is 6.54 Å². The smallest absolute Gasteiger partial charge is 0.336 e. The maximum Gasteiger partial charge on any atom is 0.336 e. The van der Waals surface area contributed by atoms with Gasteiger partial charge in [-0.25, -0.2) is 4.79 Å². The van der Waals surface area contributed by atoms with Gasteiger partial charge in [0.25, 0.3) is 5.56 Å². The minimum absolute atomic E-state index is 0.0902. The number of aryl methyl sites for hydroxylation is 3. The molecule has 0 saturated carbocycles. The molecule has 24 heavy (non-hydrogen) atoms. The molecule has 0 radical (unpaired) electrons. The van der Waals surface area contributed by atoms with E-state index >= 15 is 0 Å². The molecule has 0 fully saturated rings. The zero-order valence-corrected chi connectivity index (χ0v) is 14.0. The monoisotopic (exact) mass is 321 g/mol. The molecule has 0 aliphatic heterocycles. The second-order valence-corrected chi connectivity index (χ2v) is 6.12. The van der Waals surface area contributed by atoms with E-state index in [0.29, 0.717) is 23.2 Å². The lowest BCUT2D eigenvalue weighted by Crippen LogP contribution is -2.21. The van der Waals surface area contributed by atoms with E-state index in [1.807, 2.05) is 31.2 Å². The van der Waals surface area contributed by atoms with Crippen molar-refractivity contribution >= 4 is 16.9 Å². The van der Waals surface area contributed by atoms with Gasteiger partial charge < -0.3 is 9.67 Å². The summed E-state index contributed by atoms with van der Waals surface area (Å²) in [5, 5.41) is 10.2. The molecule has 0 atom stereocenters. The van der Waals surface area contributed by atoms with Crippen LogP contribution in [0, 0.1) is 20.8 Å². The van der Waals surface area contributed by atoms with Crippen LogP contribution in [0.4, 0.5) is 0 Å². The summed E-state index contributed by atoms with van der Waals surface area (Å²) < 4.78 is 1.71. The summed E-state index contributed by atoms with van der Waals surface area (Å²) in [7, 11) is 0. The summed E-state index contributed by atoms with van der Waals surface area (Å²) in [5.41, 5.74) is 4.54. The van der Waals surface area contributed by atoms with Gasteiger partial charge in [-0.05, 0) is 55.2 Å². The Morgan fingerprint density at radius 2 is 1.75 bits per heavy atom. The number of fused-ring (bicyclic) bond motifs is 1. The van der Waals surface area contributed by atoms with E-state index in [2.05, 4.69) is 0 Å². The Hall–Kier alpha value is -2.88. The van der Waals surface area contributed by atoms with E-state index in [0.717, 1.165) is 22.0 Å². The van der Waals surface area contributed by atoms with E-state index in [-0.39, 0.29) is 5.56 Å². The van der Waals surface area contributed by atoms with Crippen LogP contribution in [0.25, 0.3) is 10.9 Å². The molecule has 2 aromatic carbocycles. The van der Waals surface area contributed by atoms with Crippen molar-refractivity contribution in [1.29, 1.82) is 0 Å². The van der Waals surface area contributed by atoms with Gasteiger partial charge in [0.1, 0.15) is 0 Å². The Morgan fingerprint density at radius 3 is 2.42 bits per heavy atom. The number of rotatable bonds is 3. The van der Waals surface area contributed by atoms with Crippen LogP contribution in [0.15, 0.2) is 47.3 Å². The first-order chi connectivity index (χ1) is 11.4. The average Bonchev–Trinajstić information content (AvgIpc) is 2.51. The lowest BCUT2D eigenvalue weighted by atomic mass is 9.97. The molecule has 0 amide bonds. The predicted molar refractivity (Wildman–Crippen MR) is 94.9 cm³/mol. The highest BCUT2D eigenvalue weighted by Crippen LogP contribution is 2.25. The Labute approximate surface area is 140 Å². The number of nitrogens with zero attached hydrogens (tertiary/aromatic N) is 1. The maximum atomic E-state index is 12.4. The number of carbonyl (C=O) groups is 1. The van der Waals surface area contributed by atoms with E-state index < -0.39 is 5.97 Å². The largest absolute Gasteiger partial charge is 0.478 e. The van der Waals surface area contributed by atoms with Gasteiger partial charge in [0.05, 0.1) is 17.6 Å². The first-order valence-corrected chi connectivity index (χ1v) is 7.81. The Bertz CT molecular complexity index is 1020. The minimum atomic E-state index is -0.941. The van der Waals surface area contributed by atoms with Crippen molar-refractivity contribution in [2.24, 2.45) is 0 Å². The lowest BCUT2D eigenvalue weighted by Gasteiger charge is -2.16. The number of hydrogen-bond acceptors (Lipinski definition) is 2. The molecule has 1 aromatic heterocycles. The summed E-state index contributed by atoms with van der Waals surface area (Å²) in [6.45, 7) is 6.05. The number of aromatic carboxylic acids is 1. The first kappa shape index (κ1) is 16.0. The Balaban J connectivity index is 2.29. The lowest BCUT2D eigenvalue weighted by molar-refractivity contribution is 0.0695. The van der Waals surface area contributed by atoms with Gasteiger partial charge in [0, 0.05) is 11.5 Å². The van der Waals surface area contributed by atoms with E-state index in [1.54, 1.807) is 30.5 Å². The van der Waals surface area contributed by atoms with E-state index in [1.165, 1.54) is 6.07 Å². The standard InChI is InChI=1S/C20H19NO3/c1-12-6-4-5-7-15(12)11-21-17-10-13(2)19(20(23)24)14(3)16(17)8-9-18(21)22/h4-10H,11H2,1-3H3,(H,23,24). The highest BCUT2D eigenvalue weighted by molar-refractivity contribution is 5.98. The van der Waals surface area contributed by atoms with Gasteiger partial charge in [-0.1, -0.05) is 24.3 Å². The van der Waals surface area contributed by atoms with Gasteiger partial charge in [-0.3, -0.25) is 4.79 Å². The van der Waals surface area contributed by atoms with E-state index in [9.17, 15) is 14.7 Å². The topological polar surface area (TPSA) is 59.3 Å². The molecule has 3 aromatic rings. The molecule has 1 N–H and O–H groups in total. The fourth-order valence-corrected chi connectivity index (χ4v) is 3.22. The van der Waals surface area contributed by atoms with Crippen LogP contribution in [0.5, 0.6) is 0 Å². The Kier molecular flexibility index (Phi) is 3.97. The fraction of sp³-hybridized carbons (Fsp3) is 0.200. The van der Waals surface area contributed by atoms with Crippen LogP contribution >= 0.6 is 0 Å². The molecule has 1 heterocycles. The van der Waals surface area contributed by atoms with Crippen LogP contribution in [0.3, 0.4) is 0 Å². The third kappa shape index (κ3) is 2.60. The van der Waals surface area contributed by atoms with Crippen LogP contribution in [-0.4, -0.2) is 15.6 Å². The van der Waals surface area contributed by atoms with Gasteiger partial charge in [-0.2, -0.15) is 0 Å². The fourth-order valence-electron chi connectivity index (χ4n) is 3.22. The summed E-state index contributed by atoms with van der Waals surface area (Å²) >= 11 is 0. The molecule has 122 valence electrons. The van der Waals surface area contributed by atoms with Crippen molar-refractivity contribution in [3.8, 4) is 0 Å². The zero-order chi connectivity index (χ0) is 17.4. The second-order valence-electron chi connectivity index (χ2n) is 6.12. The minimum Gasteiger partial charge on any atom is -0.478 e. The summed E-state index contributed by atoms with van der Waals surface area (Å²) in [4.78, 5) is 23.9. The molecule has 0 spiro atoms. The normalized spacial score (nSPS) is 11.0. The third-order valence-electron chi connectivity index (χ3n) is 4.56. The molecule has 0 saturated heterocycles. The second kappa shape index (κ2) is 5.96. The van der Waals surface area contributed by atoms with Crippen molar-refractivity contribution in [1.82, 2.24) is 4.57 Å². The van der Waals surface area contributed by atoms with E-state index in [4.69, 9.17) is 0 Å². The number of aromatic nitrogens is 1. The van der Waals surface area contributed by atoms with Crippen molar-refractivity contribution in [2.75, 3.05) is 0 Å². The number of carboxylic acid groups (broad SMARTS) is 1. The molecule has 0 aliphatic carbocycles. The molecule has 0 bridgehead atoms. The van der Waals surface area contributed by atoms with Crippen molar-refractivity contribution in [2.45, 2.75) is 27.3 Å². The number of pyridine rings is 1. The Morgan fingerprint density at radius 1 is 1.04 bits per heavy atom. The van der Waals surface area contributed by atoms with Gasteiger partial charge >= 0.3 is 5.97 Å². The van der Waals surface area contributed by atoms with Gasteiger partial charge in [0.15, 0.2) is 0 Å². The highest BCUT2D eigenvalue weighted by Gasteiger charge is 2.16. The van der Waals surface area contributed by atoms with Gasteiger partial charge in [-0.15, -0.1) is 0 Å². The molecule has 4 nitrogen and oxygen atoms in total. The zero-order valence-electron chi connectivity index (χ0n) is 14.0. The third-order valence-corrected chi connectivity index (χ3v) is 4.56. The molecular formula is C20H19NO3. The molecular weight excluding hydrogens is 302 g/mol. The van der Waals surface area contributed by atoms with Gasteiger partial charge in [0.2, 0.25) is 0 Å². The van der Waals surface area contributed by atoms with Crippen LogP contribution in [0.1, 0.15) is 32.6 Å². The molecule has 4 heteroatoms. The average molecular weight is 321 g/mol. The van der Waals surface area contributed by atoms with Crippen molar-refractivity contribution in [3.05, 3.63) is 80.6 Å². The molecule has 0 unspecified atom stereocenters. The number of benzene rings is 2. The van der Waals surface area contributed by atoms with Crippen molar-refractivity contribution in [3.63, 3.8) is 0 Å². The SMILES string of the molecule is Cc1ccccc1Cn1c(=O)ccc2c(C)c(C(=O)O)c(C)cc21. The number of carboxylic acids is 1. The highest BCUT2D eigenvalue weighted by atomic mass is 16.4. The maximum absolute atomic E-state index is 12.4. The van der Waals surface area contributed by atoms with Crippen LogP contribution in [0.2, 0.25) is 0 Å². The predicted octanol–water partition coefficient (Wildman–Crippen LogP) is 3.67. The summed E-state index contributed by atoms with van der Waals surface area (Å²) in [6.07, 6.45) is 0.